The molecule has 0 unspecified atom stereocenters. The van der Waals surface area contributed by atoms with Crippen LogP contribution in [0.5, 0.6) is 0 Å². The zero-order valence-electron chi connectivity index (χ0n) is 10.8. The van der Waals surface area contributed by atoms with Crippen LogP contribution in [0.15, 0.2) is 35.6 Å². The maximum Gasteiger partial charge on any atom is 0.178 e. The lowest BCUT2D eigenvalue weighted by Crippen LogP contribution is -2.10. The van der Waals surface area contributed by atoms with Crippen molar-refractivity contribution in [2.24, 2.45) is 5.73 Å². The van der Waals surface area contributed by atoms with E-state index in [4.69, 9.17) is 5.73 Å². The van der Waals surface area contributed by atoms with Crippen LogP contribution >= 0.6 is 0 Å². The number of rotatable bonds is 4. The van der Waals surface area contributed by atoms with Gasteiger partial charge in [0, 0.05) is 18.5 Å². The fourth-order valence-corrected chi connectivity index (χ4v) is 2.13. The SMILES string of the molecule is CC[C@H](N)c1ccc(-n2cc(S(C)(=O)=O)cn2)cn1. The average Bonchev–Trinajstić information content (AvgIpc) is 2.87. The van der Waals surface area contributed by atoms with Gasteiger partial charge in [0.2, 0.25) is 0 Å². The summed E-state index contributed by atoms with van der Waals surface area (Å²) >= 11 is 0. The van der Waals surface area contributed by atoms with Crippen LogP contribution in [0.3, 0.4) is 0 Å². The third-order valence-electron chi connectivity index (χ3n) is 2.84. The molecule has 2 rings (SSSR count). The number of sulfone groups is 1. The van der Waals surface area contributed by atoms with Gasteiger partial charge in [-0.15, -0.1) is 0 Å². The highest BCUT2D eigenvalue weighted by Crippen LogP contribution is 2.15. The van der Waals surface area contributed by atoms with Gasteiger partial charge in [0.25, 0.3) is 0 Å². The van der Waals surface area contributed by atoms with E-state index in [0.29, 0.717) is 5.69 Å². The average molecular weight is 280 g/mol. The summed E-state index contributed by atoms with van der Waals surface area (Å²) < 4.78 is 24.2. The van der Waals surface area contributed by atoms with E-state index < -0.39 is 9.84 Å². The second-order valence-corrected chi connectivity index (χ2v) is 6.36. The maximum absolute atomic E-state index is 11.4. The van der Waals surface area contributed by atoms with Crippen LogP contribution in [0, 0.1) is 0 Å². The first kappa shape index (κ1) is 13.7. The Morgan fingerprint density at radius 2 is 2.11 bits per heavy atom. The summed E-state index contributed by atoms with van der Waals surface area (Å²) in [5.41, 5.74) is 7.38. The van der Waals surface area contributed by atoms with Gasteiger partial charge in [0.05, 0.1) is 23.8 Å². The van der Waals surface area contributed by atoms with E-state index in [-0.39, 0.29) is 10.9 Å². The number of nitrogens with zero attached hydrogens (tertiary/aromatic N) is 3. The van der Waals surface area contributed by atoms with Crippen LogP contribution in [-0.2, 0) is 9.84 Å². The molecule has 6 nitrogen and oxygen atoms in total. The molecular formula is C12H16N4O2S. The van der Waals surface area contributed by atoms with E-state index in [0.717, 1.165) is 18.4 Å². The molecule has 0 saturated heterocycles. The van der Waals surface area contributed by atoms with Gasteiger partial charge < -0.3 is 5.73 Å². The van der Waals surface area contributed by atoms with Crippen LogP contribution in [-0.4, -0.2) is 29.4 Å². The van der Waals surface area contributed by atoms with E-state index >= 15 is 0 Å². The molecule has 0 aromatic carbocycles. The summed E-state index contributed by atoms with van der Waals surface area (Å²) in [6.45, 7) is 1.99. The molecule has 2 aromatic rings. The Kier molecular flexibility index (Phi) is 3.68. The standard InChI is InChI=1S/C12H16N4O2S/c1-3-11(13)12-5-4-9(6-14-12)16-8-10(7-15-16)19(2,17)18/h4-8,11H,3,13H2,1-2H3/t11-/m0/s1. The zero-order valence-corrected chi connectivity index (χ0v) is 11.6. The number of pyridine rings is 1. The molecule has 0 aliphatic heterocycles. The maximum atomic E-state index is 11.4. The number of aromatic nitrogens is 3. The molecule has 2 heterocycles. The Morgan fingerprint density at radius 3 is 2.58 bits per heavy atom. The molecule has 0 spiro atoms. The molecule has 0 aliphatic rings. The fraction of sp³-hybridized carbons (Fsp3) is 0.333. The first-order chi connectivity index (χ1) is 8.91. The van der Waals surface area contributed by atoms with Crippen LogP contribution in [0.2, 0.25) is 0 Å². The van der Waals surface area contributed by atoms with Gasteiger partial charge >= 0.3 is 0 Å². The van der Waals surface area contributed by atoms with Gasteiger partial charge in [-0.2, -0.15) is 5.10 Å². The minimum absolute atomic E-state index is 0.0850. The predicted molar refractivity (Wildman–Crippen MR) is 71.7 cm³/mol. The topological polar surface area (TPSA) is 90.9 Å². The van der Waals surface area contributed by atoms with Crippen molar-refractivity contribution in [3.05, 3.63) is 36.4 Å². The fourth-order valence-electron chi connectivity index (χ4n) is 1.60. The van der Waals surface area contributed by atoms with Crippen molar-refractivity contribution in [2.45, 2.75) is 24.3 Å². The van der Waals surface area contributed by atoms with E-state index in [1.165, 1.54) is 17.1 Å². The minimum atomic E-state index is -3.24. The third kappa shape index (κ3) is 2.99. The molecule has 0 radical (unpaired) electrons. The zero-order chi connectivity index (χ0) is 14.0. The molecule has 7 heteroatoms. The molecule has 2 N–H and O–H groups in total. The van der Waals surface area contributed by atoms with Crippen LogP contribution in [0.4, 0.5) is 0 Å². The Hall–Kier alpha value is -1.73. The van der Waals surface area contributed by atoms with Crippen molar-refractivity contribution in [3.63, 3.8) is 0 Å². The van der Waals surface area contributed by atoms with E-state index in [1.54, 1.807) is 6.20 Å². The van der Waals surface area contributed by atoms with Gasteiger partial charge in [-0.1, -0.05) is 6.92 Å². The van der Waals surface area contributed by atoms with E-state index in [1.807, 2.05) is 19.1 Å². The van der Waals surface area contributed by atoms with E-state index in [2.05, 4.69) is 10.1 Å². The Labute approximate surface area is 112 Å². The van der Waals surface area contributed by atoms with Crippen LogP contribution < -0.4 is 5.73 Å². The minimum Gasteiger partial charge on any atom is -0.323 e. The lowest BCUT2D eigenvalue weighted by atomic mass is 10.1. The molecule has 0 aliphatic carbocycles. The lowest BCUT2D eigenvalue weighted by molar-refractivity contribution is 0.602. The molecular weight excluding hydrogens is 264 g/mol. The van der Waals surface area contributed by atoms with Gasteiger partial charge in [-0.25, -0.2) is 13.1 Å². The summed E-state index contributed by atoms with van der Waals surface area (Å²) in [6.07, 6.45) is 6.37. The number of hydrogen-bond acceptors (Lipinski definition) is 5. The Bertz CT molecular complexity index is 661. The first-order valence-electron chi connectivity index (χ1n) is 5.88. The Morgan fingerprint density at radius 1 is 1.37 bits per heavy atom. The number of nitrogens with two attached hydrogens (primary N) is 1. The van der Waals surface area contributed by atoms with Crippen molar-refractivity contribution < 1.29 is 8.42 Å². The molecule has 0 saturated carbocycles. The van der Waals surface area contributed by atoms with Gasteiger partial charge in [0.15, 0.2) is 9.84 Å². The van der Waals surface area contributed by atoms with Gasteiger partial charge in [0.1, 0.15) is 4.90 Å². The molecule has 19 heavy (non-hydrogen) atoms. The predicted octanol–water partition coefficient (Wildman–Crippen LogP) is 1.08. The summed E-state index contributed by atoms with van der Waals surface area (Å²) in [5, 5.41) is 4.01. The highest BCUT2D eigenvalue weighted by molar-refractivity contribution is 7.90. The van der Waals surface area contributed by atoms with E-state index in [9.17, 15) is 8.42 Å². The highest BCUT2D eigenvalue weighted by atomic mass is 32.2. The van der Waals surface area contributed by atoms with Crippen LogP contribution in [0.1, 0.15) is 25.1 Å². The summed E-state index contributed by atoms with van der Waals surface area (Å²) in [7, 11) is -3.24. The molecule has 2 aromatic heterocycles. The van der Waals surface area contributed by atoms with Crippen molar-refractivity contribution in [1.82, 2.24) is 14.8 Å². The first-order valence-corrected chi connectivity index (χ1v) is 7.77. The molecule has 1 atom stereocenters. The highest BCUT2D eigenvalue weighted by Gasteiger charge is 2.11. The quantitative estimate of drug-likeness (QED) is 0.905. The van der Waals surface area contributed by atoms with Gasteiger partial charge in [-0.05, 0) is 18.6 Å². The summed E-state index contributed by atoms with van der Waals surface area (Å²) in [5.74, 6) is 0. The third-order valence-corrected chi connectivity index (χ3v) is 3.91. The normalized spacial score (nSPS) is 13.4. The summed E-state index contributed by atoms with van der Waals surface area (Å²) in [6, 6.07) is 3.56. The number of hydrogen-bond donors (Lipinski definition) is 1. The van der Waals surface area contributed by atoms with Crippen molar-refractivity contribution in [1.29, 1.82) is 0 Å². The monoisotopic (exact) mass is 280 g/mol. The molecule has 0 amide bonds. The molecule has 0 fully saturated rings. The second kappa shape index (κ2) is 5.10. The smallest absolute Gasteiger partial charge is 0.178 e. The lowest BCUT2D eigenvalue weighted by Gasteiger charge is -2.08. The Balaban J connectivity index is 2.30. The van der Waals surface area contributed by atoms with Crippen LogP contribution in [0.25, 0.3) is 5.69 Å². The van der Waals surface area contributed by atoms with Gasteiger partial charge in [-0.3, -0.25) is 4.98 Å². The largest absolute Gasteiger partial charge is 0.323 e. The second-order valence-electron chi connectivity index (χ2n) is 4.35. The molecule has 0 bridgehead atoms. The van der Waals surface area contributed by atoms with Crippen molar-refractivity contribution >= 4 is 9.84 Å². The summed E-state index contributed by atoms with van der Waals surface area (Å²) in [4.78, 5) is 4.44. The molecule has 102 valence electrons. The van der Waals surface area contributed by atoms with Crippen molar-refractivity contribution in [3.8, 4) is 5.69 Å². The van der Waals surface area contributed by atoms with Crippen molar-refractivity contribution in [2.75, 3.05) is 6.26 Å².